The molecule has 0 fully saturated rings. The van der Waals surface area contributed by atoms with E-state index in [1.807, 2.05) is 6.92 Å². The Morgan fingerprint density at radius 3 is 2.61 bits per heavy atom. The fourth-order valence-electron chi connectivity index (χ4n) is 1.67. The number of nitrogens with zero attached hydrogens (tertiary/aromatic N) is 2. The Bertz CT molecular complexity index is 578. The summed E-state index contributed by atoms with van der Waals surface area (Å²) >= 11 is 0. The van der Waals surface area contributed by atoms with Gasteiger partial charge in [0.15, 0.2) is 17.5 Å². The highest BCUT2D eigenvalue weighted by molar-refractivity contribution is 5.44. The average Bonchev–Trinajstić information content (AvgIpc) is 2.68. The molecule has 1 heterocycles. The zero-order chi connectivity index (χ0) is 13.3. The van der Waals surface area contributed by atoms with Crippen molar-refractivity contribution in [2.24, 2.45) is 0 Å². The Kier molecular flexibility index (Phi) is 3.27. The van der Waals surface area contributed by atoms with Crippen LogP contribution in [0.4, 0.5) is 19.1 Å². The number of anilines is 1. The molecule has 0 aliphatic rings. The normalized spacial score (nSPS) is 10.7. The molecule has 0 saturated heterocycles. The molecule has 2 rings (SSSR count). The standard InChI is InChI=1S/C12H12F3N3/c1-3-16-12-17-7(2)6-18(12)9-5-4-8(13)10(14)11(9)15/h4-6H,3H2,1-2H3,(H,16,17). The molecule has 1 aromatic heterocycles. The zero-order valence-corrected chi connectivity index (χ0v) is 9.97. The smallest absolute Gasteiger partial charge is 0.207 e. The second kappa shape index (κ2) is 4.72. The molecule has 0 bridgehead atoms. The summed E-state index contributed by atoms with van der Waals surface area (Å²) < 4.78 is 41.1. The van der Waals surface area contributed by atoms with Crippen LogP contribution in [-0.4, -0.2) is 16.1 Å². The summed E-state index contributed by atoms with van der Waals surface area (Å²) in [4.78, 5) is 4.14. The summed E-state index contributed by atoms with van der Waals surface area (Å²) in [5.41, 5.74) is 0.570. The minimum Gasteiger partial charge on any atom is -0.356 e. The van der Waals surface area contributed by atoms with Crippen LogP contribution in [0.3, 0.4) is 0 Å². The van der Waals surface area contributed by atoms with Gasteiger partial charge in [-0.3, -0.25) is 4.57 Å². The van der Waals surface area contributed by atoms with Crippen LogP contribution >= 0.6 is 0 Å². The second-order valence-electron chi connectivity index (χ2n) is 3.80. The third-order valence-electron chi connectivity index (χ3n) is 2.44. The van der Waals surface area contributed by atoms with E-state index >= 15 is 0 Å². The van der Waals surface area contributed by atoms with Gasteiger partial charge in [0.1, 0.15) is 0 Å². The largest absolute Gasteiger partial charge is 0.356 e. The van der Waals surface area contributed by atoms with Crippen LogP contribution in [0.15, 0.2) is 18.3 Å². The lowest BCUT2D eigenvalue weighted by Crippen LogP contribution is -2.07. The summed E-state index contributed by atoms with van der Waals surface area (Å²) in [6.45, 7) is 4.17. The lowest BCUT2D eigenvalue weighted by Gasteiger charge is -2.09. The van der Waals surface area contributed by atoms with Gasteiger partial charge in [0.05, 0.1) is 11.4 Å². The molecule has 0 aliphatic heterocycles. The molecule has 96 valence electrons. The first-order valence-electron chi connectivity index (χ1n) is 5.48. The first kappa shape index (κ1) is 12.5. The first-order chi connectivity index (χ1) is 8.54. The summed E-state index contributed by atoms with van der Waals surface area (Å²) in [5, 5.41) is 2.93. The van der Waals surface area contributed by atoms with Gasteiger partial charge in [0, 0.05) is 12.7 Å². The number of imidazole rings is 1. The van der Waals surface area contributed by atoms with Gasteiger partial charge in [-0.1, -0.05) is 0 Å². The molecule has 0 amide bonds. The van der Waals surface area contributed by atoms with Crippen LogP contribution in [-0.2, 0) is 0 Å². The maximum Gasteiger partial charge on any atom is 0.207 e. The van der Waals surface area contributed by atoms with Gasteiger partial charge in [-0.25, -0.2) is 18.2 Å². The highest BCUT2D eigenvalue weighted by Gasteiger charge is 2.17. The molecule has 18 heavy (non-hydrogen) atoms. The summed E-state index contributed by atoms with van der Waals surface area (Å²) in [5.74, 6) is -3.54. The predicted molar refractivity (Wildman–Crippen MR) is 62.3 cm³/mol. The van der Waals surface area contributed by atoms with Crippen molar-refractivity contribution in [3.63, 3.8) is 0 Å². The van der Waals surface area contributed by atoms with Crippen molar-refractivity contribution in [3.05, 3.63) is 41.5 Å². The molecule has 1 N–H and O–H groups in total. The van der Waals surface area contributed by atoms with E-state index in [1.54, 1.807) is 13.1 Å². The fraction of sp³-hybridized carbons (Fsp3) is 0.250. The third kappa shape index (κ3) is 2.05. The maximum atomic E-state index is 13.7. The average molecular weight is 255 g/mol. The van der Waals surface area contributed by atoms with Crippen LogP contribution < -0.4 is 5.32 Å². The Labute approximate surface area is 102 Å². The number of aryl methyl sites for hydroxylation is 1. The molecule has 0 radical (unpaired) electrons. The first-order valence-corrected chi connectivity index (χ1v) is 5.48. The highest BCUT2D eigenvalue weighted by atomic mass is 19.2. The highest BCUT2D eigenvalue weighted by Crippen LogP contribution is 2.22. The minimum absolute atomic E-state index is 0.0783. The van der Waals surface area contributed by atoms with Crippen molar-refractivity contribution in [2.75, 3.05) is 11.9 Å². The number of halogens is 3. The third-order valence-corrected chi connectivity index (χ3v) is 2.44. The SMILES string of the molecule is CCNc1nc(C)cn1-c1ccc(F)c(F)c1F. The maximum absolute atomic E-state index is 13.7. The number of nitrogens with one attached hydrogen (secondary N) is 1. The van der Waals surface area contributed by atoms with Gasteiger partial charge in [0.25, 0.3) is 0 Å². The molecule has 0 spiro atoms. The monoisotopic (exact) mass is 255 g/mol. The van der Waals surface area contributed by atoms with Crippen molar-refractivity contribution in [1.82, 2.24) is 9.55 Å². The quantitative estimate of drug-likeness (QED) is 0.854. The molecular weight excluding hydrogens is 243 g/mol. The Morgan fingerprint density at radius 2 is 1.94 bits per heavy atom. The Balaban J connectivity index is 2.58. The van der Waals surface area contributed by atoms with E-state index in [1.165, 1.54) is 10.6 Å². The lowest BCUT2D eigenvalue weighted by molar-refractivity contribution is 0.445. The Hall–Kier alpha value is -1.98. The van der Waals surface area contributed by atoms with Crippen LogP contribution in [0.2, 0.25) is 0 Å². The molecule has 2 aromatic rings. The van der Waals surface area contributed by atoms with Gasteiger partial charge >= 0.3 is 0 Å². The van der Waals surface area contributed by atoms with E-state index < -0.39 is 17.5 Å². The summed E-state index contributed by atoms with van der Waals surface area (Å²) in [6, 6.07) is 2.06. The molecule has 1 aromatic carbocycles. The van der Waals surface area contributed by atoms with Crippen molar-refractivity contribution in [2.45, 2.75) is 13.8 Å². The van der Waals surface area contributed by atoms with Crippen LogP contribution in [0.5, 0.6) is 0 Å². The lowest BCUT2D eigenvalue weighted by atomic mass is 10.2. The zero-order valence-electron chi connectivity index (χ0n) is 9.97. The van der Waals surface area contributed by atoms with Crippen LogP contribution in [0, 0.1) is 24.4 Å². The van der Waals surface area contributed by atoms with E-state index in [0.717, 1.165) is 6.07 Å². The topological polar surface area (TPSA) is 29.9 Å². The van der Waals surface area contributed by atoms with E-state index in [4.69, 9.17) is 0 Å². The molecular formula is C12H12F3N3. The molecule has 3 nitrogen and oxygen atoms in total. The van der Waals surface area contributed by atoms with Crippen molar-refractivity contribution < 1.29 is 13.2 Å². The molecule has 0 saturated carbocycles. The number of rotatable bonds is 3. The van der Waals surface area contributed by atoms with Gasteiger partial charge < -0.3 is 5.32 Å². The van der Waals surface area contributed by atoms with E-state index in [9.17, 15) is 13.2 Å². The number of benzene rings is 1. The molecule has 0 atom stereocenters. The van der Waals surface area contributed by atoms with Gasteiger partial charge in [-0.05, 0) is 26.0 Å². The summed E-state index contributed by atoms with van der Waals surface area (Å²) in [7, 11) is 0. The van der Waals surface area contributed by atoms with Gasteiger partial charge in [0.2, 0.25) is 5.95 Å². The van der Waals surface area contributed by atoms with Gasteiger partial charge in [-0.2, -0.15) is 0 Å². The van der Waals surface area contributed by atoms with Crippen LogP contribution in [0.25, 0.3) is 5.69 Å². The second-order valence-corrected chi connectivity index (χ2v) is 3.80. The van der Waals surface area contributed by atoms with E-state index in [2.05, 4.69) is 10.3 Å². The Morgan fingerprint density at radius 1 is 1.22 bits per heavy atom. The van der Waals surface area contributed by atoms with Crippen molar-refractivity contribution in [3.8, 4) is 5.69 Å². The molecule has 0 unspecified atom stereocenters. The van der Waals surface area contributed by atoms with Crippen LogP contribution in [0.1, 0.15) is 12.6 Å². The van der Waals surface area contributed by atoms with E-state index in [-0.39, 0.29) is 5.69 Å². The van der Waals surface area contributed by atoms with Crippen molar-refractivity contribution >= 4 is 5.95 Å². The summed E-state index contributed by atoms with van der Waals surface area (Å²) in [6.07, 6.45) is 1.55. The predicted octanol–water partition coefficient (Wildman–Crippen LogP) is 3.03. The number of aromatic nitrogens is 2. The number of hydrogen-bond donors (Lipinski definition) is 1. The fourth-order valence-corrected chi connectivity index (χ4v) is 1.67. The van der Waals surface area contributed by atoms with Crippen molar-refractivity contribution in [1.29, 1.82) is 0 Å². The minimum atomic E-state index is -1.48. The number of hydrogen-bond acceptors (Lipinski definition) is 2. The van der Waals surface area contributed by atoms with Gasteiger partial charge in [-0.15, -0.1) is 0 Å². The molecule has 6 heteroatoms. The molecule has 0 aliphatic carbocycles. The van der Waals surface area contributed by atoms with E-state index in [0.29, 0.717) is 18.2 Å².